The van der Waals surface area contributed by atoms with Gasteiger partial charge in [0.2, 0.25) is 0 Å². The van der Waals surface area contributed by atoms with Crippen molar-refractivity contribution in [2.45, 2.75) is 19.9 Å². The number of nitrogens with zero attached hydrogens (tertiary/aromatic N) is 7. The first kappa shape index (κ1) is 18.2. The lowest BCUT2D eigenvalue weighted by Gasteiger charge is -2.20. The molecular weight excluding hydrogens is 374 g/mol. The van der Waals surface area contributed by atoms with Crippen molar-refractivity contribution in [3.05, 3.63) is 89.9 Å². The quantitative estimate of drug-likeness (QED) is 0.462. The van der Waals surface area contributed by atoms with Crippen molar-refractivity contribution >= 4 is 11.0 Å². The molecule has 5 aromatic rings. The molecule has 0 saturated heterocycles. The summed E-state index contributed by atoms with van der Waals surface area (Å²) in [5.74, 6) is 0.906. The summed E-state index contributed by atoms with van der Waals surface area (Å²) >= 11 is 0. The molecule has 0 unspecified atom stereocenters. The lowest BCUT2D eigenvalue weighted by molar-refractivity contribution is 0.638. The average Bonchev–Trinajstić information content (AvgIpc) is 3.28. The van der Waals surface area contributed by atoms with Crippen molar-refractivity contribution in [2.75, 3.05) is 0 Å². The summed E-state index contributed by atoms with van der Waals surface area (Å²) in [4.78, 5) is 14.1. The Labute approximate surface area is 174 Å². The molecule has 148 valence electrons. The van der Waals surface area contributed by atoms with Gasteiger partial charge in [-0.1, -0.05) is 23.4 Å². The smallest absolute Gasteiger partial charge is 0.120 e. The van der Waals surface area contributed by atoms with E-state index < -0.39 is 0 Å². The first-order valence-corrected chi connectivity index (χ1v) is 9.80. The fraction of sp³-hybridized carbons (Fsp3) is 0.174. The van der Waals surface area contributed by atoms with Crippen LogP contribution in [-0.4, -0.2) is 34.5 Å². The molecule has 0 aliphatic carbocycles. The van der Waals surface area contributed by atoms with E-state index in [0.29, 0.717) is 0 Å². The van der Waals surface area contributed by atoms with Gasteiger partial charge in [0, 0.05) is 25.0 Å². The molecule has 0 fully saturated rings. The second-order valence-electron chi connectivity index (χ2n) is 7.29. The number of imidazole rings is 1. The van der Waals surface area contributed by atoms with E-state index in [1.165, 1.54) is 0 Å². The Hall–Kier alpha value is -3.87. The summed E-state index contributed by atoms with van der Waals surface area (Å²) in [6.45, 7) is 4.00. The molecule has 5 rings (SSSR count). The van der Waals surface area contributed by atoms with Gasteiger partial charge < -0.3 is 4.57 Å². The van der Waals surface area contributed by atoms with Gasteiger partial charge >= 0.3 is 0 Å². The normalized spacial score (nSPS) is 11.5. The molecule has 0 aliphatic rings. The van der Waals surface area contributed by atoms with E-state index in [0.717, 1.165) is 45.2 Å². The second kappa shape index (κ2) is 7.18. The molecular formula is C23H21N7. The standard InChI is InChI=1S/C23H21N7/c1-15-22(29(3)28-27-15)17-10-11-18-21(14-17)30(16(2)26-18)23(19-8-4-6-12-24-19)20-9-5-7-13-25-20/h4-14,23H,1-3H3. The summed E-state index contributed by atoms with van der Waals surface area (Å²) in [5.41, 5.74) is 6.73. The van der Waals surface area contributed by atoms with E-state index in [1.807, 2.05) is 69.7 Å². The Bertz CT molecular complexity index is 1260. The van der Waals surface area contributed by atoms with E-state index in [9.17, 15) is 0 Å². The molecule has 0 amide bonds. The fourth-order valence-electron chi connectivity index (χ4n) is 4.03. The Balaban J connectivity index is 1.77. The maximum atomic E-state index is 4.82. The zero-order chi connectivity index (χ0) is 20.7. The SMILES string of the molecule is Cc1nnn(C)c1-c1ccc2nc(C)n(C(c3ccccn3)c3ccccn3)c2c1. The van der Waals surface area contributed by atoms with E-state index in [-0.39, 0.29) is 6.04 Å². The molecule has 1 aromatic carbocycles. The molecule has 0 spiro atoms. The fourth-order valence-corrected chi connectivity index (χ4v) is 4.03. The molecule has 7 heteroatoms. The Morgan fingerprint density at radius 1 is 0.867 bits per heavy atom. The minimum Gasteiger partial charge on any atom is -0.313 e. The highest BCUT2D eigenvalue weighted by Gasteiger charge is 2.24. The average molecular weight is 395 g/mol. The van der Waals surface area contributed by atoms with Gasteiger partial charge in [-0.25, -0.2) is 9.67 Å². The number of benzene rings is 1. The summed E-state index contributed by atoms with van der Waals surface area (Å²) in [6.07, 6.45) is 3.63. The molecule has 0 N–H and O–H groups in total. The van der Waals surface area contributed by atoms with Crippen LogP contribution in [0.3, 0.4) is 0 Å². The lowest BCUT2D eigenvalue weighted by atomic mass is 10.1. The molecule has 7 nitrogen and oxygen atoms in total. The van der Waals surface area contributed by atoms with Crippen molar-refractivity contribution in [1.82, 2.24) is 34.5 Å². The van der Waals surface area contributed by atoms with Gasteiger partial charge in [-0.2, -0.15) is 0 Å². The van der Waals surface area contributed by atoms with Crippen molar-refractivity contribution in [3.8, 4) is 11.3 Å². The monoisotopic (exact) mass is 395 g/mol. The lowest BCUT2D eigenvalue weighted by Crippen LogP contribution is -2.16. The Morgan fingerprint density at radius 2 is 1.57 bits per heavy atom. The number of aromatic nitrogens is 7. The number of rotatable bonds is 4. The predicted octanol–water partition coefficient (Wildman–Crippen LogP) is 3.88. The van der Waals surface area contributed by atoms with Crippen LogP contribution in [-0.2, 0) is 7.05 Å². The maximum absolute atomic E-state index is 4.82. The van der Waals surface area contributed by atoms with Gasteiger partial charge in [-0.15, -0.1) is 5.10 Å². The van der Waals surface area contributed by atoms with Crippen LogP contribution in [0.4, 0.5) is 0 Å². The van der Waals surface area contributed by atoms with Crippen molar-refractivity contribution in [3.63, 3.8) is 0 Å². The van der Waals surface area contributed by atoms with Gasteiger partial charge in [0.1, 0.15) is 11.9 Å². The van der Waals surface area contributed by atoms with Crippen molar-refractivity contribution < 1.29 is 0 Å². The predicted molar refractivity (Wildman–Crippen MR) is 115 cm³/mol. The number of fused-ring (bicyclic) bond motifs is 1. The summed E-state index contributed by atoms with van der Waals surface area (Å²) < 4.78 is 4.02. The van der Waals surface area contributed by atoms with Gasteiger partial charge in [0.15, 0.2) is 0 Å². The number of pyridine rings is 2. The number of hydrogen-bond acceptors (Lipinski definition) is 5. The van der Waals surface area contributed by atoms with Crippen LogP contribution in [0.5, 0.6) is 0 Å². The van der Waals surface area contributed by atoms with Crippen LogP contribution in [0.1, 0.15) is 28.9 Å². The molecule has 0 aliphatic heterocycles. The van der Waals surface area contributed by atoms with Gasteiger partial charge in [0.05, 0.1) is 33.8 Å². The highest BCUT2D eigenvalue weighted by atomic mass is 15.4. The highest BCUT2D eigenvalue weighted by molar-refractivity contribution is 5.82. The van der Waals surface area contributed by atoms with Gasteiger partial charge in [0.25, 0.3) is 0 Å². The summed E-state index contributed by atoms with van der Waals surface area (Å²) in [5, 5.41) is 8.36. The van der Waals surface area contributed by atoms with Crippen molar-refractivity contribution in [1.29, 1.82) is 0 Å². The topological polar surface area (TPSA) is 74.3 Å². The van der Waals surface area contributed by atoms with E-state index in [1.54, 1.807) is 4.68 Å². The maximum Gasteiger partial charge on any atom is 0.120 e. The van der Waals surface area contributed by atoms with E-state index in [4.69, 9.17) is 4.98 Å². The molecule has 0 bridgehead atoms. The summed E-state index contributed by atoms with van der Waals surface area (Å²) in [7, 11) is 1.91. The zero-order valence-corrected chi connectivity index (χ0v) is 17.1. The zero-order valence-electron chi connectivity index (χ0n) is 17.1. The largest absolute Gasteiger partial charge is 0.313 e. The van der Waals surface area contributed by atoms with Gasteiger partial charge in [-0.05, 0) is 50.2 Å². The van der Waals surface area contributed by atoms with E-state index >= 15 is 0 Å². The van der Waals surface area contributed by atoms with Crippen LogP contribution in [0.2, 0.25) is 0 Å². The first-order chi connectivity index (χ1) is 14.6. The molecule has 0 saturated carbocycles. The van der Waals surface area contributed by atoms with Gasteiger partial charge in [-0.3, -0.25) is 9.97 Å². The molecule has 0 radical (unpaired) electrons. The van der Waals surface area contributed by atoms with Crippen LogP contribution >= 0.6 is 0 Å². The highest BCUT2D eigenvalue weighted by Crippen LogP contribution is 2.32. The number of hydrogen-bond donors (Lipinski definition) is 0. The Morgan fingerprint density at radius 3 is 2.13 bits per heavy atom. The number of aryl methyl sites for hydroxylation is 3. The second-order valence-corrected chi connectivity index (χ2v) is 7.29. The molecule has 4 aromatic heterocycles. The Kier molecular flexibility index (Phi) is 4.35. The molecule has 4 heterocycles. The minimum absolute atomic E-state index is 0.182. The molecule has 30 heavy (non-hydrogen) atoms. The van der Waals surface area contributed by atoms with Crippen LogP contribution < -0.4 is 0 Å². The first-order valence-electron chi connectivity index (χ1n) is 9.80. The third-order valence-corrected chi connectivity index (χ3v) is 5.33. The minimum atomic E-state index is -0.182. The molecule has 0 atom stereocenters. The third-order valence-electron chi connectivity index (χ3n) is 5.33. The summed E-state index contributed by atoms with van der Waals surface area (Å²) in [6, 6.07) is 18.0. The van der Waals surface area contributed by atoms with Crippen LogP contribution in [0.25, 0.3) is 22.3 Å². The van der Waals surface area contributed by atoms with Crippen molar-refractivity contribution in [2.24, 2.45) is 7.05 Å². The van der Waals surface area contributed by atoms with E-state index in [2.05, 4.69) is 43.0 Å². The van der Waals surface area contributed by atoms with Crippen LogP contribution in [0.15, 0.2) is 67.0 Å². The van der Waals surface area contributed by atoms with Crippen LogP contribution in [0, 0.1) is 13.8 Å². The third kappa shape index (κ3) is 2.95.